The van der Waals surface area contributed by atoms with Crippen LogP contribution in [0.4, 0.5) is 11.4 Å². The van der Waals surface area contributed by atoms with E-state index in [1.54, 1.807) is 48.5 Å². The fourth-order valence-corrected chi connectivity index (χ4v) is 1.84. The predicted octanol–water partition coefficient (Wildman–Crippen LogP) is 3.05. The molecule has 0 saturated carbocycles. The number of rotatable bonds is 2. The van der Waals surface area contributed by atoms with E-state index in [-0.39, 0.29) is 11.0 Å². The van der Waals surface area contributed by atoms with Crippen LogP contribution in [0.3, 0.4) is 0 Å². The van der Waals surface area contributed by atoms with Crippen LogP contribution in [0.25, 0.3) is 0 Å². The molecule has 0 aliphatic heterocycles. The van der Waals surface area contributed by atoms with E-state index in [0.29, 0.717) is 16.3 Å². The molecule has 0 saturated heterocycles. The van der Waals surface area contributed by atoms with Gasteiger partial charge in [-0.15, -0.1) is 0 Å². The molecule has 6 heteroatoms. The van der Waals surface area contributed by atoms with Gasteiger partial charge in [0.25, 0.3) is 5.91 Å². The highest BCUT2D eigenvalue weighted by atomic mass is 35.5. The Hall–Kier alpha value is -2.11. The van der Waals surface area contributed by atoms with Gasteiger partial charge in [0, 0.05) is 22.0 Å². The van der Waals surface area contributed by atoms with Gasteiger partial charge < -0.3 is 11.1 Å². The summed E-state index contributed by atoms with van der Waals surface area (Å²) in [5.41, 5.74) is 7.48. The molecule has 20 heavy (non-hydrogen) atoms. The van der Waals surface area contributed by atoms with Crippen molar-refractivity contribution in [3.8, 4) is 0 Å². The number of hydrogen-bond acceptors (Lipinski definition) is 3. The van der Waals surface area contributed by atoms with E-state index in [1.165, 1.54) is 0 Å². The second-order valence-corrected chi connectivity index (χ2v) is 4.88. The summed E-state index contributed by atoms with van der Waals surface area (Å²) in [5.74, 6) is -0.297. The van der Waals surface area contributed by atoms with Crippen molar-refractivity contribution in [1.29, 1.82) is 0 Å². The van der Waals surface area contributed by atoms with Crippen molar-refractivity contribution in [3.05, 3.63) is 59.1 Å². The number of nitrogen functional groups attached to an aromatic ring is 1. The van der Waals surface area contributed by atoms with Gasteiger partial charge in [0.15, 0.2) is 5.11 Å². The Balaban J connectivity index is 1.95. The molecule has 0 bridgehead atoms. The number of halogens is 1. The van der Waals surface area contributed by atoms with E-state index in [2.05, 4.69) is 10.6 Å². The van der Waals surface area contributed by atoms with Crippen molar-refractivity contribution in [2.45, 2.75) is 0 Å². The Morgan fingerprint density at radius 1 is 1.05 bits per heavy atom. The quantitative estimate of drug-likeness (QED) is 0.589. The van der Waals surface area contributed by atoms with Gasteiger partial charge >= 0.3 is 0 Å². The van der Waals surface area contributed by atoms with Crippen LogP contribution in [0.15, 0.2) is 48.5 Å². The van der Waals surface area contributed by atoms with Gasteiger partial charge in [-0.25, -0.2) is 0 Å². The van der Waals surface area contributed by atoms with Crippen LogP contribution in [-0.2, 0) is 0 Å². The van der Waals surface area contributed by atoms with Crippen LogP contribution in [0, 0.1) is 0 Å². The van der Waals surface area contributed by atoms with Crippen LogP contribution in [0.5, 0.6) is 0 Å². The Morgan fingerprint density at radius 3 is 2.25 bits per heavy atom. The van der Waals surface area contributed by atoms with E-state index in [0.717, 1.165) is 5.69 Å². The highest BCUT2D eigenvalue weighted by Gasteiger charge is 2.07. The molecule has 4 nitrogen and oxygen atoms in total. The summed E-state index contributed by atoms with van der Waals surface area (Å²) >= 11 is 10.8. The number of nitrogens with two attached hydrogens (primary N) is 1. The predicted molar refractivity (Wildman–Crippen MR) is 86.0 cm³/mol. The van der Waals surface area contributed by atoms with Crippen LogP contribution < -0.4 is 16.4 Å². The summed E-state index contributed by atoms with van der Waals surface area (Å²) in [6.07, 6.45) is 0. The fourth-order valence-electron chi connectivity index (χ4n) is 1.51. The lowest BCUT2D eigenvalue weighted by Crippen LogP contribution is -2.34. The molecule has 4 N–H and O–H groups in total. The first kappa shape index (κ1) is 14.3. The molecule has 0 aliphatic carbocycles. The Kier molecular flexibility index (Phi) is 4.55. The molecular formula is C14H12ClN3OS. The maximum atomic E-state index is 11.9. The number of anilines is 2. The highest BCUT2D eigenvalue weighted by Crippen LogP contribution is 2.11. The first-order valence-corrected chi connectivity index (χ1v) is 6.56. The number of thiocarbonyl (C=S) groups is 1. The lowest BCUT2D eigenvalue weighted by Gasteiger charge is -2.09. The van der Waals surface area contributed by atoms with E-state index < -0.39 is 0 Å². The summed E-state index contributed by atoms with van der Waals surface area (Å²) < 4.78 is 0. The standard InChI is InChI=1S/C14H12ClN3OS/c15-10-3-1-9(2-4-10)13(19)18-14(20)17-12-7-5-11(16)6-8-12/h1-8H,16H2,(H2,17,18,19,20). The average Bonchev–Trinajstić information content (AvgIpc) is 2.42. The molecule has 2 aromatic carbocycles. The van der Waals surface area contributed by atoms with Crippen molar-refractivity contribution in [3.63, 3.8) is 0 Å². The maximum Gasteiger partial charge on any atom is 0.257 e. The molecule has 2 rings (SSSR count). The van der Waals surface area contributed by atoms with Crippen molar-refractivity contribution in [2.24, 2.45) is 0 Å². The van der Waals surface area contributed by atoms with Gasteiger partial charge in [-0.3, -0.25) is 10.1 Å². The first-order chi connectivity index (χ1) is 9.54. The number of amides is 1. The molecule has 0 fully saturated rings. The highest BCUT2D eigenvalue weighted by molar-refractivity contribution is 7.80. The third-order valence-electron chi connectivity index (χ3n) is 2.50. The number of carbonyl (C=O) groups is 1. The molecule has 0 atom stereocenters. The molecule has 1 amide bonds. The Labute approximate surface area is 126 Å². The second-order valence-electron chi connectivity index (χ2n) is 4.04. The molecule has 0 spiro atoms. The van der Waals surface area contributed by atoms with Gasteiger partial charge in [-0.05, 0) is 60.7 Å². The summed E-state index contributed by atoms with van der Waals surface area (Å²) in [4.78, 5) is 11.9. The fraction of sp³-hybridized carbons (Fsp3) is 0. The monoisotopic (exact) mass is 305 g/mol. The van der Waals surface area contributed by atoms with Crippen LogP contribution >= 0.6 is 23.8 Å². The van der Waals surface area contributed by atoms with Gasteiger partial charge in [0.1, 0.15) is 0 Å². The van der Waals surface area contributed by atoms with Crippen LogP contribution in [0.2, 0.25) is 5.02 Å². The van der Waals surface area contributed by atoms with Gasteiger partial charge in [-0.2, -0.15) is 0 Å². The Bertz CT molecular complexity index is 626. The summed E-state index contributed by atoms with van der Waals surface area (Å²) in [5, 5.41) is 6.28. The lowest BCUT2D eigenvalue weighted by molar-refractivity contribution is 0.0978. The minimum Gasteiger partial charge on any atom is -0.399 e. The van der Waals surface area contributed by atoms with Crippen molar-refractivity contribution >= 4 is 46.2 Å². The lowest BCUT2D eigenvalue weighted by atomic mass is 10.2. The molecule has 0 aromatic heterocycles. The van der Waals surface area contributed by atoms with E-state index >= 15 is 0 Å². The normalized spacial score (nSPS) is 9.85. The summed E-state index contributed by atoms with van der Waals surface area (Å²) in [6.45, 7) is 0. The van der Waals surface area contributed by atoms with Crippen molar-refractivity contribution < 1.29 is 4.79 Å². The maximum absolute atomic E-state index is 11.9. The third-order valence-corrected chi connectivity index (χ3v) is 2.96. The smallest absolute Gasteiger partial charge is 0.257 e. The van der Waals surface area contributed by atoms with Crippen molar-refractivity contribution in [2.75, 3.05) is 11.1 Å². The molecular weight excluding hydrogens is 294 g/mol. The van der Waals surface area contributed by atoms with Gasteiger partial charge in [0.05, 0.1) is 0 Å². The SMILES string of the molecule is Nc1ccc(NC(=S)NC(=O)c2ccc(Cl)cc2)cc1. The zero-order valence-corrected chi connectivity index (χ0v) is 12.0. The van der Waals surface area contributed by atoms with Crippen LogP contribution in [-0.4, -0.2) is 11.0 Å². The zero-order valence-electron chi connectivity index (χ0n) is 10.4. The molecule has 0 radical (unpaired) electrons. The number of benzene rings is 2. The van der Waals surface area contributed by atoms with Gasteiger partial charge in [0.2, 0.25) is 0 Å². The minimum atomic E-state index is -0.297. The van der Waals surface area contributed by atoms with Gasteiger partial charge in [-0.1, -0.05) is 11.6 Å². The molecule has 0 aliphatic rings. The summed E-state index contributed by atoms with van der Waals surface area (Å²) in [7, 11) is 0. The van der Waals surface area contributed by atoms with E-state index in [1.807, 2.05) is 0 Å². The molecule has 102 valence electrons. The topological polar surface area (TPSA) is 67.2 Å². The van der Waals surface area contributed by atoms with Crippen molar-refractivity contribution in [1.82, 2.24) is 5.32 Å². The summed E-state index contributed by atoms with van der Waals surface area (Å²) in [6, 6.07) is 13.6. The van der Waals surface area contributed by atoms with E-state index in [9.17, 15) is 4.79 Å². The molecule has 2 aromatic rings. The number of nitrogens with one attached hydrogen (secondary N) is 2. The number of hydrogen-bond donors (Lipinski definition) is 3. The third kappa shape index (κ3) is 3.94. The van der Waals surface area contributed by atoms with E-state index in [4.69, 9.17) is 29.6 Å². The molecule has 0 unspecified atom stereocenters. The number of carbonyl (C=O) groups excluding carboxylic acids is 1. The zero-order chi connectivity index (χ0) is 14.5. The molecule has 0 heterocycles. The average molecular weight is 306 g/mol. The van der Waals surface area contributed by atoms with Crippen LogP contribution in [0.1, 0.15) is 10.4 Å². The first-order valence-electron chi connectivity index (χ1n) is 5.78. The minimum absolute atomic E-state index is 0.217. The second kappa shape index (κ2) is 6.36. The largest absolute Gasteiger partial charge is 0.399 e. The Morgan fingerprint density at radius 2 is 1.65 bits per heavy atom.